The quantitative estimate of drug-likeness (QED) is 0.791. The molecule has 0 unspecified atom stereocenters. The Morgan fingerprint density at radius 3 is 2.59 bits per heavy atom. The molecule has 3 heterocycles. The van der Waals surface area contributed by atoms with Gasteiger partial charge in [-0.15, -0.1) is 0 Å². The number of nitrogens with zero attached hydrogens (tertiary/aromatic N) is 1. The predicted molar refractivity (Wildman–Crippen MR) is 60.6 cm³/mol. The maximum atomic E-state index is 12.1. The van der Waals surface area contributed by atoms with Crippen molar-refractivity contribution in [1.29, 1.82) is 0 Å². The summed E-state index contributed by atoms with van der Waals surface area (Å²) in [6.07, 6.45) is 5.03. The van der Waals surface area contributed by atoms with E-state index in [-0.39, 0.29) is 5.91 Å². The molecule has 5 heteroatoms. The maximum absolute atomic E-state index is 12.1. The van der Waals surface area contributed by atoms with E-state index < -0.39 is 5.79 Å². The van der Waals surface area contributed by atoms with E-state index in [1.807, 2.05) is 4.90 Å². The summed E-state index contributed by atoms with van der Waals surface area (Å²) in [6.45, 7) is 2.74. The average molecular weight is 236 g/mol. The molecule has 3 rings (SSSR count). The van der Waals surface area contributed by atoms with Crippen LogP contribution in [0.15, 0.2) is 18.5 Å². The van der Waals surface area contributed by atoms with Crippen molar-refractivity contribution in [1.82, 2.24) is 9.88 Å². The highest BCUT2D eigenvalue weighted by molar-refractivity contribution is 5.94. The number of ether oxygens (including phenoxy) is 2. The van der Waals surface area contributed by atoms with E-state index in [0.717, 1.165) is 12.8 Å². The first-order valence-corrected chi connectivity index (χ1v) is 5.99. The third-order valence-corrected chi connectivity index (χ3v) is 3.47. The van der Waals surface area contributed by atoms with Crippen LogP contribution in [-0.4, -0.2) is 47.9 Å². The molecule has 0 aliphatic carbocycles. The molecule has 0 saturated carbocycles. The van der Waals surface area contributed by atoms with E-state index in [9.17, 15) is 4.79 Å². The first kappa shape index (κ1) is 10.8. The van der Waals surface area contributed by atoms with Crippen molar-refractivity contribution in [2.75, 3.05) is 26.3 Å². The summed E-state index contributed by atoms with van der Waals surface area (Å²) in [7, 11) is 0. The van der Waals surface area contributed by atoms with Crippen molar-refractivity contribution in [3.8, 4) is 0 Å². The molecule has 0 atom stereocenters. The Morgan fingerprint density at radius 1 is 1.29 bits per heavy atom. The summed E-state index contributed by atoms with van der Waals surface area (Å²) in [6, 6.07) is 1.80. The number of carbonyl (C=O) groups excluding carboxylic acids is 1. The van der Waals surface area contributed by atoms with Crippen molar-refractivity contribution < 1.29 is 14.3 Å². The van der Waals surface area contributed by atoms with E-state index in [2.05, 4.69) is 4.98 Å². The first-order valence-electron chi connectivity index (χ1n) is 5.99. The van der Waals surface area contributed by atoms with Gasteiger partial charge in [-0.05, 0) is 6.07 Å². The fourth-order valence-electron chi connectivity index (χ4n) is 2.48. The van der Waals surface area contributed by atoms with Gasteiger partial charge in [-0.2, -0.15) is 0 Å². The van der Waals surface area contributed by atoms with Gasteiger partial charge in [0.05, 0.1) is 18.8 Å². The Hall–Kier alpha value is -1.33. The zero-order valence-corrected chi connectivity index (χ0v) is 9.65. The molecular weight excluding hydrogens is 220 g/mol. The van der Waals surface area contributed by atoms with Gasteiger partial charge in [-0.25, -0.2) is 0 Å². The highest BCUT2D eigenvalue weighted by atomic mass is 16.7. The molecule has 2 aliphatic heterocycles. The minimum Gasteiger partial charge on any atom is -0.367 e. The number of carbonyl (C=O) groups is 1. The molecule has 0 bridgehead atoms. The summed E-state index contributed by atoms with van der Waals surface area (Å²) in [5.74, 6) is -0.325. The fourth-order valence-corrected chi connectivity index (χ4v) is 2.48. The number of amides is 1. The van der Waals surface area contributed by atoms with Gasteiger partial charge in [-0.3, -0.25) is 4.79 Å². The Kier molecular flexibility index (Phi) is 2.64. The Labute approximate surface area is 99.7 Å². The molecular formula is C12H16N2O3. The number of aromatic amines is 1. The molecule has 1 amide bonds. The second kappa shape index (κ2) is 4.16. The minimum atomic E-state index is -0.408. The molecule has 1 spiro atoms. The Balaban J connectivity index is 1.63. The monoisotopic (exact) mass is 236 g/mol. The zero-order valence-electron chi connectivity index (χ0n) is 9.65. The smallest absolute Gasteiger partial charge is 0.255 e. The van der Waals surface area contributed by atoms with Crippen LogP contribution in [0.25, 0.3) is 0 Å². The van der Waals surface area contributed by atoms with Crippen molar-refractivity contribution in [3.63, 3.8) is 0 Å². The largest absolute Gasteiger partial charge is 0.367 e. The molecule has 0 aromatic carbocycles. The molecule has 2 saturated heterocycles. The number of H-pyrrole nitrogens is 1. The van der Waals surface area contributed by atoms with Crippen LogP contribution in [0, 0.1) is 0 Å². The van der Waals surface area contributed by atoms with Crippen LogP contribution < -0.4 is 0 Å². The number of hydrogen-bond acceptors (Lipinski definition) is 3. The van der Waals surface area contributed by atoms with E-state index in [4.69, 9.17) is 9.47 Å². The van der Waals surface area contributed by atoms with Crippen LogP contribution in [0.2, 0.25) is 0 Å². The molecule has 1 aromatic rings. The van der Waals surface area contributed by atoms with Gasteiger partial charge in [-0.1, -0.05) is 0 Å². The number of nitrogens with one attached hydrogen (secondary N) is 1. The van der Waals surface area contributed by atoms with Gasteiger partial charge in [0.15, 0.2) is 5.79 Å². The number of likely N-dealkylation sites (tertiary alicyclic amines) is 1. The number of rotatable bonds is 1. The molecule has 1 N–H and O–H groups in total. The van der Waals surface area contributed by atoms with E-state index >= 15 is 0 Å². The van der Waals surface area contributed by atoms with Gasteiger partial charge in [0.2, 0.25) is 0 Å². The topological polar surface area (TPSA) is 54.6 Å². The van der Waals surface area contributed by atoms with E-state index in [1.54, 1.807) is 18.5 Å². The third-order valence-electron chi connectivity index (χ3n) is 3.47. The summed E-state index contributed by atoms with van der Waals surface area (Å²) < 4.78 is 11.3. The normalized spacial score (nSPS) is 23.2. The summed E-state index contributed by atoms with van der Waals surface area (Å²) in [5, 5.41) is 0. The second-order valence-electron chi connectivity index (χ2n) is 4.50. The lowest BCUT2D eigenvalue weighted by Crippen LogP contribution is -2.47. The highest BCUT2D eigenvalue weighted by Gasteiger charge is 2.40. The average Bonchev–Trinajstić information content (AvgIpc) is 3.01. The van der Waals surface area contributed by atoms with Crippen LogP contribution in [0.5, 0.6) is 0 Å². The van der Waals surface area contributed by atoms with Gasteiger partial charge in [0.25, 0.3) is 5.91 Å². The van der Waals surface area contributed by atoms with Gasteiger partial charge < -0.3 is 19.4 Å². The number of piperidine rings is 1. The van der Waals surface area contributed by atoms with Crippen LogP contribution in [0.4, 0.5) is 0 Å². The lowest BCUT2D eigenvalue weighted by atomic mass is 10.0. The van der Waals surface area contributed by atoms with Crippen LogP contribution >= 0.6 is 0 Å². The van der Waals surface area contributed by atoms with Crippen LogP contribution in [0.3, 0.4) is 0 Å². The lowest BCUT2D eigenvalue weighted by Gasteiger charge is -2.37. The van der Waals surface area contributed by atoms with Gasteiger partial charge in [0, 0.05) is 38.3 Å². The van der Waals surface area contributed by atoms with Crippen molar-refractivity contribution in [3.05, 3.63) is 24.0 Å². The van der Waals surface area contributed by atoms with Crippen LogP contribution in [0.1, 0.15) is 23.2 Å². The van der Waals surface area contributed by atoms with Crippen molar-refractivity contribution >= 4 is 5.91 Å². The summed E-state index contributed by atoms with van der Waals surface area (Å²) >= 11 is 0. The standard InChI is InChI=1S/C12H16N2O3/c15-11(10-1-4-13-9-10)14-5-2-12(3-6-14)16-7-8-17-12/h1,4,9,13H,2-3,5-8H2. The highest BCUT2D eigenvalue weighted by Crippen LogP contribution is 2.31. The minimum absolute atomic E-state index is 0.0825. The number of aromatic nitrogens is 1. The SMILES string of the molecule is O=C(c1cc[nH]c1)N1CCC2(CC1)OCCO2. The maximum Gasteiger partial charge on any atom is 0.255 e. The molecule has 2 fully saturated rings. The molecule has 5 nitrogen and oxygen atoms in total. The summed E-state index contributed by atoms with van der Waals surface area (Å²) in [4.78, 5) is 16.9. The van der Waals surface area contributed by atoms with Crippen molar-refractivity contribution in [2.45, 2.75) is 18.6 Å². The third kappa shape index (κ3) is 1.96. The van der Waals surface area contributed by atoms with Gasteiger partial charge >= 0.3 is 0 Å². The summed E-state index contributed by atoms with van der Waals surface area (Å²) in [5.41, 5.74) is 0.717. The van der Waals surface area contributed by atoms with Crippen LogP contribution in [-0.2, 0) is 9.47 Å². The number of hydrogen-bond donors (Lipinski definition) is 1. The van der Waals surface area contributed by atoms with Crippen molar-refractivity contribution in [2.24, 2.45) is 0 Å². The Bertz CT molecular complexity index is 386. The molecule has 2 aliphatic rings. The first-order chi connectivity index (χ1) is 8.29. The molecule has 0 radical (unpaired) electrons. The molecule has 92 valence electrons. The van der Waals surface area contributed by atoms with E-state index in [1.165, 1.54) is 0 Å². The molecule has 17 heavy (non-hydrogen) atoms. The second-order valence-corrected chi connectivity index (χ2v) is 4.50. The van der Waals surface area contributed by atoms with E-state index in [0.29, 0.717) is 31.9 Å². The molecule has 1 aromatic heterocycles. The van der Waals surface area contributed by atoms with Gasteiger partial charge in [0.1, 0.15) is 0 Å². The Morgan fingerprint density at radius 2 is 2.00 bits per heavy atom. The fraction of sp³-hybridized carbons (Fsp3) is 0.583. The lowest BCUT2D eigenvalue weighted by molar-refractivity contribution is -0.181. The predicted octanol–water partition coefficient (Wildman–Crippen LogP) is 0.994. The zero-order chi connectivity index (χ0) is 11.7.